The van der Waals surface area contributed by atoms with E-state index in [1.807, 2.05) is 19.0 Å². The lowest BCUT2D eigenvalue weighted by Gasteiger charge is -2.37. The molecule has 4 N–H and O–H groups in total. The Hall–Kier alpha value is -2.66. The van der Waals surface area contributed by atoms with E-state index in [4.69, 9.17) is 19.7 Å². The number of carbonyl (C=O) groups is 4. The molecule has 2 amide bonds. The summed E-state index contributed by atoms with van der Waals surface area (Å²) in [6.45, 7) is 5.57. The van der Waals surface area contributed by atoms with Crippen molar-refractivity contribution in [2.24, 2.45) is 11.8 Å². The van der Waals surface area contributed by atoms with Crippen LogP contribution in [-0.2, 0) is 19.1 Å². The molecule has 2 aliphatic rings. The third kappa shape index (κ3) is 9.23. The summed E-state index contributed by atoms with van der Waals surface area (Å²) in [5.74, 6) is -1.50. The monoisotopic (exact) mass is 432 g/mol. The van der Waals surface area contributed by atoms with E-state index < -0.39 is 29.7 Å². The second-order valence-corrected chi connectivity index (χ2v) is 7.92. The number of aliphatic carboxylic acids is 2. The van der Waals surface area contributed by atoms with Crippen molar-refractivity contribution in [1.29, 1.82) is 0 Å². The number of likely N-dealkylation sites (N-methyl/N-ethyl adjacent to an activating group) is 1. The van der Waals surface area contributed by atoms with Crippen molar-refractivity contribution in [2.45, 2.75) is 38.7 Å². The van der Waals surface area contributed by atoms with E-state index in [1.165, 1.54) is 0 Å². The van der Waals surface area contributed by atoms with Crippen LogP contribution in [0.25, 0.3) is 0 Å². The van der Waals surface area contributed by atoms with Crippen molar-refractivity contribution >= 4 is 24.1 Å². The molecule has 1 aliphatic carbocycles. The van der Waals surface area contributed by atoms with Crippen molar-refractivity contribution in [3.8, 4) is 0 Å². The molecular formula is C19H32N2O9. The molecule has 1 heterocycles. The zero-order valence-corrected chi connectivity index (χ0v) is 17.8. The number of carboxylic acids is 2. The second-order valence-electron chi connectivity index (χ2n) is 7.92. The van der Waals surface area contributed by atoms with Crippen LogP contribution in [0.4, 0.5) is 9.59 Å². The topological polar surface area (TPSA) is 165 Å². The Morgan fingerprint density at radius 3 is 2.10 bits per heavy atom. The van der Waals surface area contributed by atoms with Crippen LogP contribution in [0.2, 0.25) is 0 Å². The molecule has 30 heavy (non-hydrogen) atoms. The molecule has 172 valence electrons. The first-order valence-corrected chi connectivity index (χ1v) is 9.40. The van der Waals surface area contributed by atoms with E-state index >= 15 is 0 Å². The molecule has 1 saturated heterocycles. The fraction of sp³-hybridized carbons (Fsp3) is 0.684. The Balaban J connectivity index is 0.000000801. The maximum Gasteiger partial charge on any atom is 0.420 e. The number of imide groups is 1. The first kappa shape index (κ1) is 27.3. The number of carbonyl (C=O) groups excluding carboxylic acids is 2. The summed E-state index contributed by atoms with van der Waals surface area (Å²) in [7, 11) is 3.80. The van der Waals surface area contributed by atoms with Crippen molar-refractivity contribution < 1.29 is 44.3 Å². The summed E-state index contributed by atoms with van der Waals surface area (Å²) in [6, 6.07) is 0. The van der Waals surface area contributed by atoms with Crippen molar-refractivity contribution in [2.75, 3.05) is 33.8 Å². The van der Waals surface area contributed by atoms with Gasteiger partial charge in [-0.05, 0) is 45.2 Å². The highest BCUT2D eigenvalue weighted by molar-refractivity contribution is 5.90. The number of hydrogen-bond acceptors (Lipinski definition) is 7. The van der Waals surface area contributed by atoms with Crippen molar-refractivity contribution in [1.82, 2.24) is 9.80 Å². The molecule has 0 aromatic heterocycles. The highest BCUT2D eigenvalue weighted by Crippen LogP contribution is 2.42. The SMILES string of the molecule is CC1CC(C)CC2(C1)CN(C(=O)OCCN(C)C)C(=O)O2.O.O=C(O)/C=C/C(=O)O. The first-order valence-electron chi connectivity index (χ1n) is 9.40. The van der Waals surface area contributed by atoms with Crippen LogP contribution in [-0.4, -0.2) is 89.0 Å². The maximum absolute atomic E-state index is 12.0. The number of rotatable bonds is 5. The zero-order chi connectivity index (χ0) is 22.2. The lowest BCUT2D eigenvalue weighted by molar-refractivity contribution is -0.134. The molecular weight excluding hydrogens is 400 g/mol. The van der Waals surface area contributed by atoms with Crippen LogP contribution >= 0.6 is 0 Å². The summed E-state index contributed by atoms with van der Waals surface area (Å²) in [4.78, 5) is 46.1. The van der Waals surface area contributed by atoms with Gasteiger partial charge in [0.05, 0.1) is 6.54 Å². The molecule has 11 heteroatoms. The van der Waals surface area contributed by atoms with Gasteiger partial charge >= 0.3 is 24.1 Å². The Morgan fingerprint density at radius 1 is 1.17 bits per heavy atom. The average Bonchev–Trinajstić information content (AvgIpc) is 2.87. The Kier molecular flexibility index (Phi) is 11.1. The molecule has 2 unspecified atom stereocenters. The fourth-order valence-electron chi connectivity index (χ4n) is 3.72. The lowest BCUT2D eigenvalue weighted by atomic mass is 9.74. The fourth-order valence-corrected chi connectivity index (χ4v) is 3.72. The minimum Gasteiger partial charge on any atom is -0.478 e. The summed E-state index contributed by atoms with van der Waals surface area (Å²) in [6.07, 6.45) is 2.75. The van der Waals surface area contributed by atoms with Crippen LogP contribution in [0.1, 0.15) is 33.1 Å². The normalized spacial score (nSPS) is 25.4. The van der Waals surface area contributed by atoms with Crippen molar-refractivity contribution in [3.05, 3.63) is 12.2 Å². The Morgan fingerprint density at radius 2 is 1.67 bits per heavy atom. The maximum atomic E-state index is 12.0. The number of carboxylic acid groups (broad SMARTS) is 2. The second kappa shape index (κ2) is 12.1. The van der Waals surface area contributed by atoms with Gasteiger partial charge in [0, 0.05) is 18.7 Å². The minimum absolute atomic E-state index is 0. The number of nitrogens with zero attached hydrogens (tertiary/aromatic N) is 2. The minimum atomic E-state index is -1.26. The average molecular weight is 432 g/mol. The van der Waals surface area contributed by atoms with Crippen molar-refractivity contribution in [3.63, 3.8) is 0 Å². The predicted octanol–water partition coefficient (Wildman–Crippen LogP) is 1.22. The van der Waals surface area contributed by atoms with Gasteiger partial charge in [-0.25, -0.2) is 24.1 Å². The van der Waals surface area contributed by atoms with Crippen LogP contribution in [0.5, 0.6) is 0 Å². The quantitative estimate of drug-likeness (QED) is 0.607. The van der Waals surface area contributed by atoms with Gasteiger partial charge in [0.2, 0.25) is 0 Å². The number of amides is 2. The predicted molar refractivity (Wildman–Crippen MR) is 106 cm³/mol. The molecule has 1 aliphatic heterocycles. The molecule has 2 rings (SSSR count). The zero-order valence-electron chi connectivity index (χ0n) is 17.8. The van der Waals surface area contributed by atoms with E-state index in [0.29, 0.717) is 37.1 Å². The summed E-state index contributed by atoms with van der Waals surface area (Å²) in [5.41, 5.74) is -0.505. The van der Waals surface area contributed by atoms with Gasteiger partial charge in [-0.1, -0.05) is 13.8 Å². The van der Waals surface area contributed by atoms with Gasteiger partial charge in [0.1, 0.15) is 12.2 Å². The molecule has 2 atom stereocenters. The largest absolute Gasteiger partial charge is 0.478 e. The number of ether oxygens (including phenoxy) is 2. The van der Waals surface area contributed by atoms with Crippen LogP contribution < -0.4 is 0 Å². The Labute approximate surface area is 175 Å². The van der Waals surface area contributed by atoms with Gasteiger partial charge in [0.15, 0.2) is 0 Å². The third-order valence-electron chi connectivity index (χ3n) is 4.57. The molecule has 0 radical (unpaired) electrons. The third-order valence-corrected chi connectivity index (χ3v) is 4.57. The molecule has 1 saturated carbocycles. The van der Waals surface area contributed by atoms with E-state index in [0.717, 1.165) is 24.2 Å². The van der Waals surface area contributed by atoms with E-state index in [-0.39, 0.29) is 12.1 Å². The van der Waals surface area contributed by atoms with E-state index in [2.05, 4.69) is 13.8 Å². The van der Waals surface area contributed by atoms with Gasteiger partial charge < -0.3 is 30.1 Å². The van der Waals surface area contributed by atoms with E-state index in [1.54, 1.807) is 0 Å². The Bertz CT molecular complexity index is 622. The van der Waals surface area contributed by atoms with E-state index in [9.17, 15) is 19.2 Å². The molecule has 0 aromatic carbocycles. The summed E-state index contributed by atoms with van der Waals surface area (Å²) in [5, 5.41) is 15.6. The van der Waals surface area contributed by atoms with Crippen LogP contribution in [0.3, 0.4) is 0 Å². The number of hydrogen-bond donors (Lipinski definition) is 2. The highest BCUT2D eigenvalue weighted by Gasteiger charge is 2.51. The van der Waals surface area contributed by atoms with Gasteiger partial charge in [-0.15, -0.1) is 0 Å². The molecule has 2 fully saturated rings. The molecule has 1 spiro atoms. The standard InChI is InChI=1S/C15H26N2O4.C4H4O4.H2O/c1-11-7-12(2)9-15(8-11)10-17(14(19)21-15)13(18)20-6-5-16(3)4;5-3(6)1-2-4(7)8;/h11-12H,5-10H2,1-4H3;1-2H,(H,5,6)(H,7,8);1H2/b;2-1+;. The first-order chi connectivity index (χ1) is 13.4. The smallest absolute Gasteiger partial charge is 0.420 e. The summed E-state index contributed by atoms with van der Waals surface area (Å²) >= 11 is 0. The highest BCUT2D eigenvalue weighted by atomic mass is 16.6. The summed E-state index contributed by atoms with van der Waals surface area (Å²) < 4.78 is 10.7. The molecule has 11 nitrogen and oxygen atoms in total. The van der Waals surface area contributed by atoms with Gasteiger partial charge in [-0.3, -0.25) is 0 Å². The van der Waals surface area contributed by atoms with Crippen LogP contribution in [0, 0.1) is 11.8 Å². The molecule has 0 bridgehead atoms. The lowest BCUT2D eigenvalue weighted by Crippen LogP contribution is -2.43. The van der Waals surface area contributed by atoms with Gasteiger partial charge in [-0.2, -0.15) is 0 Å². The van der Waals surface area contributed by atoms with Crippen LogP contribution in [0.15, 0.2) is 12.2 Å². The molecule has 0 aromatic rings. The van der Waals surface area contributed by atoms with Gasteiger partial charge in [0.25, 0.3) is 0 Å².